The lowest BCUT2D eigenvalue weighted by Gasteiger charge is -2.07. The Bertz CT molecular complexity index is 772. The van der Waals surface area contributed by atoms with Crippen LogP contribution in [-0.4, -0.2) is 22.7 Å². The van der Waals surface area contributed by atoms with Gasteiger partial charge in [0.15, 0.2) is 6.61 Å². The van der Waals surface area contributed by atoms with Crippen LogP contribution < -0.4 is 10.1 Å². The van der Waals surface area contributed by atoms with Crippen molar-refractivity contribution in [3.05, 3.63) is 52.0 Å². The van der Waals surface area contributed by atoms with Gasteiger partial charge < -0.3 is 14.5 Å². The van der Waals surface area contributed by atoms with Crippen molar-refractivity contribution in [2.24, 2.45) is 0 Å². The minimum Gasteiger partial charge on any atom is -0.484 e. The van der Waals surface area contributed by atoms with Crippen molar-refractivity contribution in [2.75, 3.05) is 6.61 Å². The molecule has 0 spiro atoms. The van der Waals surface area contributed by atoms with Crippen LogP contribution in [0, 0.1) is 0 Å². The zero-order valence-electron chi connectivity index (χ0n) is 11.9. The summed E-state index contributed by atoms with van der Waals surface area (Å²) < 4.78 is 11.2. The summed E-state index contributed by atoms with van der Waals surface area (Å²) in [4.78, 5) is 12.7. The first kappa shape index (κ1) is 15.5. The van der Waals surface area contributed by atoms with Crippen LogP contribution in [0.5, 0.6) is 5.75 Å². The van der Waals surface area contributed by atoms with Gasteiger partial charge in [0.05, 0.1) is 10.9 Å². The summed E-state index contributed by atoms with van der Waals surface area (Å²) in [6, 6.07) is 10.7. The van der Waals surface area contributed by atoms with E-state index in [9.17, 15) is 4.79 Å². The Morgan fingerprint density at radius 3 is 2.74 bits per heavy atom. The highest BCUT2D eigenvalue weighted by atomic mass is 35.5. The average molecular weight is 350 g/mol. The van der Waals surface area contributed by atoms with Crippen LogP contribution in [-0.2, 0) is 11.3 Å². The Labute approximate surface area is 141 Å². The number of amides is 1. The molecule has 0 radical (unpaired) electrons. The highest BCUT2D eigenvalue weighted by molar-refractivity contribution is 7.16. The van der Waals surface area contributed by atoms with E-state index in [1.807, 2.05) is 6.07 Å². The van der Waals surface area contributed by atoms with Gasteiger partial charge in [-0.1, -0.05) is 11.6 Å². The minimum absolute atomic E-state index is 0.0565. The maximum atomic E-state index is 11.8. The Morgan fingerprint density at radius 2 is 2.09 bits per heavy atom. The van der Waals surface area contributed by atoms with Gasteiger partial charge in [0, 0.05) is 10.4 Å². The molecule has 23 heavy (non-hydrogen) atoms. The first-order chi connectivity index (χ1) is 11.2. The Balaban J connectivity index is 1.47. The van der Waals surface area contributed by atoms with Gasteiger partial charge in [0.2, 0.25) is 12.3 Å². The molecule has 0 fully saturated rings. The molecule has 118 valence electrons. The first-order valence-corrected chi connectivity index (χ1v) is 7.90. The summed E-state index contributed by atoms with van der Waals surface area (Å²) in [5.74, 6) is 0.821. The molecular weight excluding hydrogens is 338 g/mol. The normalized spacial score (nSPS) is 10.5. The second-order valence-corrected chi connectivity index (χ2v) is 6.34. The second-order valence-electron chi connectivity index (χ2n) is 4.54. The Hall–Kier alpha value is -2.38. The number of halogens is 1. The molecule has 2 heterocycles. The average Bonchev–Trinajstić information content (AvgIpc) is 3.23. The number of carbonyl (C=O) groups excluding carboxylic acids is 1. The third-order valence-corrected chi connectivity index (χ3v) is 4.15. The molecule has 0 unspecified atom stereocenters. The number of hydrogen-bond acceptors (Lipinski definition) is 6. The lowest BCUT2D eigenvalue weighted by molar-refractivity contribution is -0.123. The van der Waals surface area contributed by atoms with E-state index < -0.39 is 0 Å². The topological polar surface area (TPSA) is 77.2 Å². The van der Waals surface area contributed by atoms with Gasteiger partial charge in [-0.25, -0.2) is 0 Å². The van der Waals surface area contributed by atoms with Crippen LogP contribution in [0.2, 0.25) is 4.34 Å². The van der Waals surface area contributed by atoms with Gasteiger partial charge in [-0.2, -0.15) is 0 Å². The third-order valence-electron chi connectivity index (χ3n) is 2.92. The van der Waals surface area contributed by atoms with Crippen LogP contribution in [0.4, 0.5) is 0 Å². The standard InChI is InChI=1S/C15H12ClN3O3S/c16-13-6-5-12(23-13)7-17-14(20)8-21-11-3-1-10(2-4-11)15-19-18-9-22-15/h1-6,9H,7-8H2,(H,17,20). The van der Waals surface area contributed by atoms with E-state index in [4.69, 9.17) is 20.8 Å². The fourth-order valence-electron chi connectivity index (χ4n) is 1.82. The zero-order valence-corrected chi connectivity index (χ0v) is 13.4. The highest BCUT2D eigenvalue weighted by Gasteiger charge is 2.06. The molecule has 3 aromatic rings. The molecule has 0 saturated carbocycles. The summed E-state index contributed by atoms with van der Waals surface area (Å²) in [7, 11) is 0. The van der Waals surface area contributed by atoms with Crippen molar-refractivity contribution < 1.29 is 13.9 Å². The van der Waals surface area contributed by atoms with Gasteiger partial charge in [0.25, 0.3) is 5.91 Å². The van der Waals surface area contributed by atoms with Crippen molar-refractivity contribution in [1.82, 2.24) is 15.5 Å². The summed E-state index contributed by atoms with van der Waals surface area (Å²) in [6.45, 7) is 0.384. The van der Waals surface area contributed by atoms with Crippen LogP contribution in [0.3, 0.4) is 0 Å². The number of nitrogens with one attached hydrogen (secondary N) is 1. The first-order valence-electron chi connectivity index (χ1n) is 6.71. The van der Waals surface area contributed by atoms with Crippen LogP contribution in [0.1, 0.15) is 4.88 Å². The van der Waals surface area contributed by atoms with Crippen molar-refractivity contribution in [3.63, 3.8) is 0 Å². The number of thiophene rings is 1. The number of ether oxygens (including phenoxy) is 1. The summed E-state index contributed by atoms with van der Waals surface area (Å²) in [6.07, 6.45) is 1.27. The molecular formula is C15H12ClN3O3S. The van der Waals surface area contributed by atoms with E-state index in [-0.39, 0.29) is 12.5 Å². The molecule has 0 atom stereocenters. The van der Waals surface area contributed by atoms with Crippen molar-refractivity contribution in [3.8, 4) is 17.2 Å². The van der Waals surface area contributed by atoms with Gasteiger partial charge >= 0.3 is 0 Å². The van der Waals surface area contributed by atoms with E-state index >= 15 is 0 Å². The molecule has 8 heteroatoms. The molecule has 2 aromatic heterocycles. The monoisotopic (exact) mass is 349 g/mol. The summed E-state index contributed by atoms with van der Waals surface area (Å²) in [5, 5.41) is 10.2. The minimum atomic E-state index is -0.199. The molecule has 1 amide bonds. The molecule has 0 aliphatic heterocycles. The number of aromatic nitrogens is 2. The number of benzene rings is 1. The number of rotatable bonds is 6. The molecule has 1 aromatic carbocycles. The molecule has 6 nitrogen and oxygen atoms in total. The molecule has 3 rings (SSSR count). The van der Waals surface area contributed by atoms with E-state index in [2.05, 4.69) is 15.5 Å². The number of hydrogen-bond donors (Lipinski definition) is 1. The number of carbonyl (C=O) groups is 1. The van der Waals surface area contributed by atoms with Crippen LogP contribution in [0.15, 0.2) is 47.2 Å². The van der Waals surface area contributed by atoms with Gasteiger partial charge in [-0.3, -0.25) is 4.79 Å². The summed E-state index contributed by atoms with van der Waals surface area (Å²) in [5.41, 5.74) is 0.786. The lowest BCUT2D eigenvalue weighted by Crippen LogP contribution is -2.28. The zero-order chi connectivity index (χ0) is 16.1. The Morgan fingerprint density at radius 1 is 1.26 bits per heavy atom. The molecule has 0 aliphatic rings. The fourth-order valence-corrected chi connectivity index (χ4v) is 2.85. The van der Waals surface area contributed by atoms with E-state index in [1.54, 1.807) is 30.3 Å². The third kappa shape index (κ3) is 4.30. The summed E-state index contributed by atoms with van der Waals surface area (Å²) >= 11 is 7.27. The maximum Gasteiger partial charge on any atom is 0.258 e. The SMILES string of the molecule is O=C(COc1ccc(-c2nnco2)cc1)NCc1ccc(Cl)s1. The number of nitrogens with zero attached hydrogens (tertiary/aromatic N) is 2. The Kier molecular flexibility index (Phi) is 4.89. The van der Waals surface area contributed by atoms with E-state index in [0.29, 0.717) is 22.5 Å². The van der Waals surface area contributed by atoms with Crippen molar-refractivity contribution >= 4 is 28.8 Å². The van der Waals surface area contributed by atoms with Crippen molar-refractivity contribution in [1.29, 1.82) is 0 Å². The molecule has 0 aliphatic carbocycles. The van der Waals surface area contributed by atoms with E-state index in [1.165, 1.54) is 17.7 Å². The molecule has 0 saturated heterocycles. The predicted octanol–water partition coefficient (Wildman–Crippen LogP) is 3.15. The predicted molar refractivity (Wildman–Crippen MR) is 86.4 cm³/mol. The van der Waals surface area contributed by atoms with Gasteiger partial charge in [0.1, 0.15) is 5.75 Å². The molecule has 1 N–H and O–H groups in total. The second kappa shape index (κ2) is 7.26. The smallest absolute Gasteiger partial charge is 0.258 e. The van der Waals surface area contributed by atoms with E-state index in [0.717, 1.165) is 10.4 Å². The van der Waals surface area contributed by atoms with Crippen LogP contribution >= 0.6 is 22.9 Å². The quantitative estimate of drug-likeness (QED) is 0.739. The lowest BCUT2D eigenvalue weighted by atomic mass is 10.2. The maximum absolute atomic E-state index is 11.8. The largest absolute Gasteiger partial charge is 0.484 e. The van der Waals surface area contributed by atoms with Crippen molar-refractivity contribution in [2.45, 2.75) is 6.54 Å². The van der Waals surface area contributed by atoms with Gasteiger partial charge in [-0.15, -0.1) is 21.5 Å². The highest BCUT2D eigenvalue weighted by Crippen LogP contribution is 2.21. The van der Waals surface area contributed by atoms with Gasteiger partial charge in [-0.05, 0) is 36.4 Å². The molecule has 0 bridgehead atoms. The van der Waals surface area contributed by atoms with Crippen LogP contribution in [0.25, 0.3) is 11.5 Å². The fraction of sp³-hybridized carbons (Fsp3) is 0.133.